The van der Waals surface area contributed by atoms with Crippen LogP contribution in [0.15, 0.2) is 0 Å². The SMILES string of the molecule is CCCN(C(=O)[C@H]1CCC(=O)N1)C1CCCNC1. The van der Waals surface area contributed by atoms with Crippen LogP contribution in [-0.2, 0) is 9.59 Å². The maximum absolute atomic E-state index is 12.5. The van der Waals surface area contributed by atoms with E-state index in [1.54, 1.807) is 0 Å². The van der Waals surface area contributed by atoms with Gasteiger partial charge in [0.05, 0.1) is 0 Å². The van der Waals surface area contributed by atoms with E-state index in [0.29, 0.717) is 18.9 Å². The third kappa shape index (κ3) is 3.02. The van der Waals surface area contributed by atoms with Gasteiger partial charge in [-0.3, -0.25) is 9.59 Å². The fourth-order valence-corrected chi connectivity index (χ4v) is 2.81. The van der Waals surface area contributed by atoms with Gasteiger partial charge in [0.15, 0.2) is 0 Å². The van der Waals surface area contributed by atoms with E-state index in [0.717, 1.165) is 38.9 Å². The lowest BCUT2D eigenvalue weighted by molar-refractivity contribution is -0.137. The zero-order chi connectivity index (χ0) is 13.0. The molecule has 0 aromatic carbocycles. The lowest BCUT2D eigenvalue weighted by Gasteiger charge is -2.36. The van der Waals surface area contributed by atoms with Crippen LogP contribution in [0.5, 0.6) is 0 Å². The summed E-state index contributed by atoms with van der Waals surface area (Å²) in [7, 11) is 0. The summed E-state index contributed by atoms with van der Waals surface area (Å²) >= 11 is 0. The van der Waals surface area contributed by atoms with Gasteiger partial charge in [-0.1, -0.05) is 6.92 Å². The molecule has 5 heteroatoms. The Hall–Kier alpha value is -1.10. The summed E-state index contributed by atoms with van der Waals surface area (Å²) < 4.78 is 0. The number of hydrogen-bond acceptors (Lipinski definition) is 3. The molecule has 2 N–H and O–H groups in total. The number of piperidine rings is 1. The molecule has 5 nitrogen and oxygen atoms in total. The standard InChI is InChI=1S/C13H23N3O2/c1-2-8-16(10-4-3-7-14-9-10)13(18)11-5-6-12(17)15-11/h10-11,14H,2-9H2,1H3,(H,15,17)/t10?,11-/m1/s1. The fourth-order valence-electron chi connectivity index (χ4n) is 2.81. The summed E-state index contributed by atoms with van der Waals surface area (Å²) in [5, 5.41) is 6.13. The summed E-state index contributed by atoms with van der Waals surface area (Å²) in [4.78, 5) is 25.7. The van der Waals surface area contributed by atoms with Gasteiger partial charge < -0.3 is 15.5 Å². The van der Waals surface area contributed by atoms with Crippen molar-refractivity contribution in [2.45, 2.75) is 51.1 Å². The van der Waals surface area contributed by atoms with Crippen molar-refractivity contribution in [3.8, 4) is 0 Å². The molecule has 2 aliphatic heterocycles. The lowest BCUT2D eigenvalue weighted by atomic mass is 10.0. The monoisotopic (exact) mass is 253 g/mol. The number of nitrogens with one attached hydrogen (secondary N) is 2. The van der Waals surface area contributed by atoms with Crippen molar-refractivity contribution in [1.29, 1.82) is 0 Å². The highest BCUT2D eigenvalue weighted by Crippen LogP contribution is 2.16. The predicted octanol–water partition coefficient (Wildman–Crippen LogP) is 0.256. The van der Waals surface area contributed by atoms with Gasteiger partial charge in [-0.25, -0.2) is 0 Å². The molecule has 2 rings (SSSR count). The minimum atomic E-state index is -0.286. The minimum absolute atomic E-state index is 0.00608. The summed E-state index contributed by atoms with van der Waals surface area (Å²) in [5.41, 5.74) is 0. The normalized spacial score (nSPS) is 27.9. The van der Waals surface area contributed by atoms with Gasteiger partial charge in [-0.05, 0) is 32.2 Å². The van der Waals surface area contributed by atoms with Crippen molar-refractivity contribution in [2.75, 3.05) is 19.6 Å². The zero-order valence-corrected chi connectivity index (χ0v) is 11.1. The van der Waals surface area contributed by atoms with Crippen LogP contribution in [0.3, 0.4) is 0 Å². The number of carbonyl (C=O) groups is 2. The van der Waals surface area contributed by atoms with E-state index in [1.807, 2.05) is 4.90 Å². The summed E-state index contributed by atoms with van der Waals surface area (Å²) in [5.74, 6) is 0.114. The van der Waals surface area contributed by atoms with Crippen molar-refractivity contribution in [3.63, 3.8) is 0 Å². The molecular formula is C13H23N3O2. The molecule has 2 atom stereocenters. The van der Waals surface area contributed by atoms with Crippen molar-refractivity contribution in [1.82, 2.24) is 15.5 Å². The average Bonchev–Trinajstić information content (AvgIpc) is 2.83. The highest BCUT2D eigenvalue weighted by molar-refractivity contribution is 5.91. The van der Waals surface area contributed by atoms with Gasteiger partial charge in [-0.15, -0.1) is 0 Å². The van der Waals surface area contributed by atoms with Crippen molar-refractivity contribution in [2.24, 2.45) is 0 Å². The smallest absolute Gasteiger partial charge is 0.245 e. The van der Waals surface area contributed by atoms with E-state index in [2.05, 4.69) is 17.6 Å². The molecule has 0 aromatic heterocycles. The molecule has 2 heterocycles. The first-order valence-corrected chi connectivity index (χ1v) is 7.03. The van der Waals surface area contributed by atoms with Gasteiger partial charge >= 0.3 is 0 Å². The van der Waals surface area contributed by atoms with E-state index < -0.39 is 0 Å². The predicted molar refractivity (Wildman–Crippen MR) is 69.1 cm³/mol. The van der Waals surface area contributed by atoms with E-state index in [4.69, 9.17) is 0 Å². The van der Waals surface area contributed by atoms with Crippen molar-refractivity contribution < 1.29 is 9.59 Å². The van der Waals surface area contributed by atoms with Crippen LogP contribution in [0.4, 0.5) is 0 Å². The highest BCUT2D eigenvalue weighted by Gasteiger charge is 2.33. The zero-order valence-electron chi connectivity index (χ0n) is 11.1. The molecule has 18 heavy (non-hydrogen) atoms. The Morgan fingerprint density at radius 3 is 2.83 bits per heavy atom. The molecule has 0 bridgehead atoms. The first kappa shape index (κ1) is 13.3. The van der Waals surface area contributed by atoms with Gasteiger partial charge in [0, 0.05) is 25.6 Å². The molecular weight excluding hydrogens is 230 g/mol. The molecule has 2 fully saturated rings. The summed E-state index contributed by atoms with van der Waals surface area (Å²) in [6.07, 6.45) is 4.29. The van der Waals surface area contributed by atoms with Crippen molar-refractivity contribution >= 4 is 11.8 Å². The Morgan fingerprint density at radius 1 is 1.44 bits per heavy atom. The average molecular weight is 253 g/mol. The Balaban J connectivity index is 1.99. The molecule has 1 unspecified atom stereocenters. The Morgan fingerprint density at radius 2 is 2.28 bits per heavy atom. The molecule has 0 spiro atoms. The summed E-state index contributed by atoms with van der Waals surface area (Å²) in [6.45, 7) is 4.80. The molecule has 0 aliphatic carbocycles. The van der Waals surface area contributed by atoms with Crippen LogP contribution < -0.4 is 10.6 Å². The second-order valence-electron chi connectivity index (χ2n) is 5.19. The first-order chi connectivity index (χ1) is 8.72. The highest BCUT2D eigenvalue weighted by atomic mass is 16.2. The molecule has 0 radical (unpaired) electrons. The van der Waals surface area contributed by atoms with Gasteiger partial charge in [-0.2, -0.15) is 0 Å². The van der Waals surface area contributed by atoms with Gasteiger partial charge in [0.25, 0.3) is 0 Å². The lowest BCUT2D eigenvalue weighted by Crippen LogP contribution is -2.53. The largest absolute Gasteiger partial charge is 0.344 e. The van der Waals surface area contributed by atoms with Crippen molar-refractivity contribution in [3.05, 3.63) is 0 Å². The van der Waals surface area contributed by atoms with E-state index in [1.165, 1.54) is 0 Å². The summed E-state index contributed by atoms with van der Waals surface area (Å²) in [6, 6.07) is 0.00896. The topological polar surface area (TPSA) is 61.4 Å². The second-order valence-corrected chi connectivity index (χ2v) is 5.19. The maximum Gasteiger partial charge on any atom is 0.245 e. The second kappa shape index (κ2) is 6.18. The van der Waals surface area contributed by atoms with Crippen LogP contribution in [0.25, 0.3) is 0 Å². The number of rotatable bonds is 4. The molecule has 0 saturated carbocycles. The maximum atomic E-state index is 12.5. The van der Waals surface area contributed by atoms with Crippen LogP contribution in [0.2, 0.25) is 0 Å². The minimum Gasteiger partial charge on any atom is -0.344 e. The number of amides is 2. The molecule has 102 valence electrons. The third-order valence-corrected chi connectivity index (χ3v) is 3.75. The number of nitrogens with zero attached hydrogens (tertiary/aromatic N) is 1. The number of hydrogen-bond donors (Lipinski definition) is 2. The molecule has 2 saturated heterocycles. The van der Waals surface area contributed by atoms with Gasteiger partial charge in [0.2, 0.25) is 11.8 Å². The third-order valence-electron chi connectivity index (χ3n) is 3.75. The Bertz CT molecular complexity index is 313. The Labute approximate surface area is 108 Å². The Kier molecular flexibility index (Phi) is 4.58. The number of carbonyl (C=O) groups excluding carboxylic acids is 2. The quantitative estimate of drug-likeness (QED) is 0.755. The van der Waals surface area contributed by atoms with E-state index in [-0.39, 0.29) is 17.9 Å². The van der Waals surface area contributed by atoms with Crippen LogP contribution in [-0.4, -0.2) is 48.4 Å². The van der Waals surface area contributed by atoms with Crippen LogP contribution in [0.1, 0.15) is 39.0 Å². The fraction of sp³-hybridized carbons (Fsp3) is 0.846. The molecule has 2 amide bonds. The van der Waals surface area contributed by atoms with Gasteiger partial charge in [0.1, 0.15) is 6.04 Å². The van der Waals surface area contributed by atoms with Crippen LogP contribution >= 0.6 is 0 Å². The molecule has 2 aliphatic rings. The van der Waals surface area contributed by atoms with E-state index >= 15 is 0 Å². The first-order valence-electron chi connectivity index (χ1n) is 7.03. The van der Waals surface area contributed by atoms with Crippen LogP contribution in [0, 0.1) is 0 Å². The molecule has 0 aromatic rings. The van der Waals surface area contributed by atoms with E-state index in [9.17, 15) is 9.59 Å².